The first-order valence-electron chi connectivity index (χ1n) is 16.1. The smallest absolute Gasteiger partial charge is 0.00148 e. The summed E-state index contributed by atoms with van der Waals surface area (Å²) in [5.41, 5.74) is 14.2. The Labute approximate surface area is 244 Å². The lowest BCUT2D eigenvalue weighted by Gasteiger charge is -2.23. The standard InChI is InChI=1S/C40H49/c1-5-9-19-31-25-16-26-32(20-10-6-2)38(31)36-29-18-30-37(40(36)35-23-14-13-15-24-35)39-33(21-11-7-3)27-17-28-34(39)22-12-8-4/h13-18,23-29H,5-12,19-22H2,1-4H3. The van der Waals surface area contributed by atoms with Crippen molar-refractivity contribution in [3.8, 4) is 33.4 Å². The SMILES string of the molecule is CCCCc1cccc(CCCC)c1-c1[c]ccc(-c2c(CCCC)cccc2CCCC)c1-c1ccccc1. The van der Waals surface area contributed by atoms with Crippen LogP contribution in [-0.4, -0.2) is 0 Å². The Balaban J connectivity index is 2.06. The van der Waals surface area contributed by atoms with Crippen LogP contribution in [0.15, 0.2) is 78.9 Å². The Morgan fingerprint density at radius 1 is 0.450 bits per heavy atom. The molecule has 0 aliphatic carbocycles. The van der Waals surface area contributed by atoms with Gasteiger partial charge in [0, 0.05) is 0 Å². The fourth-order valence-electron chi connectivity index (χ4n) is 6.08. The van der Waals surface area contributed by atoms with Gasteiger partial charge in [-0.05, 0) is 113 Å². The summed E-state index contributed by atoms with van der Waals surface area (Å²) in [6.07, 6.45) is 14.2. The zero-order chi connectivity index (χ0) is 28.2. The van der Waals surface area contributed by atoms with Gasteiger partial charge in [0.2, 0.25) is 0 Å². The van der Waals surface area contributed by atoms with Gasteiger partial charge in [-0.15, -0.1) is 0 Å². The number of hydrogen-bond donors (Lipinski definition) is 0. The van der Waals surface area contributed by atoms with Gasteiger partial charge in [-0.25, -0.2) is 0 Å². The van der Waals surface area contributed by atoms with Crippen molar-refractivity contribution in [2.75, 3.05) is 0 Å². The van der Waals surface area contributed by atoms with Crippen molar-refractivity contribution in [2.24, 2.45) is 0 Å². The first-order chi connectivity index (χ1) is 19.7. The first kappa shape index (κ1) is 29.9. The summed E-state index contributed by atoms with van der Waals surface area (Å²) in [7, 11) is 0. The molecular weight excluding hydrogens is 480 g/mol. The van der Waals surface area contributed by atoms with Gasteiger partial charge in [0.1, 0.15) is 0 Å². The molecule has 0 heterocycles. The maximum absolute atomic E-state index is 3.82. The van der Waals surface area contributed by atoms with Gasteiger partial charge in [-0.1, -0.05) is 132 Å². The Hall–Kier alpha value is -3.12. The van der Waals surface area contributed by atoms with Crippen LogP contribution in [0, 0.1) is 6.07 Å². The number of unbranched alkanes of at least 4 members (excludes halogenated alkanes) is 4. The molecule has 0 spiro atoms. The maximum atomic E-state index is 3.82. The van der Waals surface area contributed by atoms with E-state index in [0.717, 1.165) is 25.7 Å². The average molecular weight is 530 g/mol. The zero-order valence-corrected chi connectivity index (χ0v) is 25.5. The van der Waals surface area contributed by atoms with Crippen LogP contribution in [0.3, 0.4) is 0 Å². The van der Waals surface area contributed by atoms with Crippen LogP contribution in [0.25, 0.3) is 33.4 Å². The first-order valence-corrected chi connectivity index (χ1v) is 16.1. The van der Waals surface area contributed by atoms with E-state index in [1.165, 1.54) is 107 Å². The fraction of sp³-hybridized carbons (Fsp3) is 0.400. The van der Waals surface area contributed by atoms with Gasteiger partial charge in [0.15, 0.2) is 0 Å². The highest BCUT2D eigenvalue weighted by Gasteiger charge is 2.21. The number of aryl methyl sites for hydroxylation is 4. The Morgan fingerprint density at radius 3 is 1.35 bits per heavy atom. The summed E-state index contributed by atoms with van der Waals surface area (Å²) in [6, 6.07) is 33.6. The summed E-state index contributed by atoms with van der Waals surface area (Å²) in [6.45, 7) is 9.20. The van der Waals surface area contributed by atoms with E-state index in [1.54, 1.807) is 0 Å². The van der Waals surface area contributed by atoms with Crippen molar-refractivity contribution in [2.45, 2.75) is 105 Å². The van der Waals surface area contributed by atoms with E-state index in [9.17, 15) is 0 Å². The van der Waals surface area contributed by atoms with Crippen LogP contribution in [0.1, 0.15) is 101 Å². The lowest BCUT2D eigenvalue weighted by Crippen LogP contribution is -2.02. The minimum Gasteiger partial charge on any atom is -0.0654 e. The molecule has 0 aromatic heterocycles. The average Bonchev–Trinajstić information content (AvgIpc) is 3.00. The molecule has 0 aliphatic rings. The number of rotatable bonds is 15. The molecule has 4 aromatic carbocycles. The Bertz CT molecular complexity index is 1190. The van der Waals surface area contributed by atoms with Gasteiger partial charge in [0.05, 0.1) is 0 Å². The van der Waals surface area contributed by atoms with Crippen LogP contribution in [0.4, 0.5) is 0 Å². The van der Waals surface area contributed by atoms with Crippen LogP contribution >= 0.6 is 0 Å². The molecule has 0 atom stereocenters. The van der Waals surface area contributed by atoms with E-state index in [4.69, 9.17) is 0 Å². The minimum atomic E-state index is 1.12. The van der Waals surface area contributed by atoms with Crippen molar-refractivity contribution in [3.05, 3.63) is 107 Å². The van der Waals surface area contributed by atoms with Crippen LogP contribution in [0.2, 0.25) is 0 Å². The molecule has 1 radical (unpaired) electrons. The molecule has 0 aliphatic heterocycles. The third-order valence-corrected chi connectivity index (χ3v) is 8.25. The molecule has 0 nitrogen and oxygen atoms in total. The molecule has 0 N–H and O–H groups in total. The number of hydrogen-bond acceptors (Lipinski definition) is 0. The third kappa shape index (κ3) is 7.14. The number of benzene rings is 4. The third-order valence-electron chi connectivity index (χ3n) is 8.25. The molecule has 209 valence electrons. The summed E-state index contributed by atoms with van der Waals surface area (Å²) in [5, 5.41) is 0. The predicted octanol–water partition coefficient (Wildman–Crippen LogP) is 11.9. The molecule has 0 amide bonds. The van der Waals surface area contributed by atoms with Gasteiger partial charge in [-0.3, -0.25) is 0 Å². The molecule has 0 heteroatoms. The molecule has 0 bridgehead atoms. The summed E-state index contributed by atoms with van der Waals surface area (Å²) in [5.74, 6) is 0. The fourth-order valence-corrected chi connectivity index (χ4v) is 6.08. The lowest BCUT2D eigenvalue weighted by molar-refractivity contribution is 0.782. The van der Waals surface area contributed by atoms with E-state index in [0.29, 0.717) is 0 Å². The van der Waals surface area contributed by atoms with E-state index < -0.39 is 0 Å². The monoisotopic (exact) mass is 529 g/mol. The largest absolute Gasteiger partial charge is 0.0654 e. The van der Waals surface area contributed by atoms with E-state index >= 15 is 0 Å². The maximum Gasteiger partial charge on any atom is -0.00148 e. The summed E-state index contributed by atoms with van der Waals surface area (Å²) in [4.78, 5) is 0. The Morgan fingerprint density at radius 2 is 0.900 bits per heavy atom. The molecule has 0 unspecified atom stereocenters. The molecular formula is C40H49. The van der Waals surface area contributed by atoms with Crippen LogP contribution < -0.4 is 0 Å². The Kier molecular flexibility index (Phi) is 11.7. The van der Waals surface area contributed by atoms with Crippen molar-refractivity contribution in [3.63, 3.8) is 0 Å². The van der Waals surface area contributed by atoms with Gasteiger partial charge in [0.25, 0.3) is 0 Å². The van der Waals surface area contributed by atoms with Crippen molar-refractivity contribution >= 4 is 0 Å². The van der Waals surface area contributed by atoms with Crippen molar-refractivity contribution < 1.29 is 0 Å². The minimum absolute atomic E-state index is 1.12. The topological polar surface area (TPSA) is 0 Å². The van der Waals surface area contributed by atoms with Gasteiger partial charge < -0.3 is 0 Å². The van der Waals surface area contributed by atoms with Crippen LogP contribution in [0.5, 0.6) is 0 Å². The molecule has 0 saturated carbocycles. The van der Waals surface area contributed by atoms with E-state index in [-0.39, 0.29) is 0 Å². The quantitative estimate of drug-likeness (QED) is 0.144. The second-order valence-electron chi connectivity index (χ2n) is 11.3. The highest BCUT2D eigenvalue weighted by Crippen LogP contribution is 2.44. The van der Waals surface area contributed by atoms with E-state index in [1.807, 2.05) is 0 Å². The normalized spacial score (nSPS) is 11.2. The van der Waals surface area contributed by atoms with Crippen LogP contribution in [-0.2, 0) is 25.7 Å². The lowest BCUT2D eigenvalue weighted by atomic mass is 9.80. The zero-order valence-electron chi connectivity index (χ0n) is 25.5. The predicted molar refractivity (Wildman–Crippen MR) is 176 cm³/mol. The molecule has 4 aromatic rings. The van der Waals surface area contributed by atoms with Crippen molar-refractivity contribution in [1.82, 2.24) is 0 Å². The molecule has 4 rings (SSSR count). The molecule has 0 fully saturated rings. The van der Waals surface area contributed by atoms with Crippen molar-refractivity contribution in [1.29, 1.82) is 0 Å². The van der Waals surface area contributed by atoms with Gasteiger partial charge >= 0.3 is 0 Å². The second kappa shape index (κ2) is 15.6. The molecule has 0 saturated heterocycles. The molecule has 40 heavy (non-hydrogen) atoms. The highest BCUT2D eigenvalue weighted by molar-refractivity contribution is 5.97. The highest BCUT2D eigenvalue weighted by atomic mass is 14.2. The summed E-state index contributed by atoms with van der Waals surface area (Å²) >= 11 is 0. The summed E-state index contributed by atoms with van der Waals surface area (Å²) < 4.78 is 0. The second-order valence-corrected chi connectivity index (χ2v) is 11.3. The van der Waals surface area contributed by atoms with Gasteiger partial charge in [-0.2, -0.15) is 0 Å². The van der Waals surface area contributed by atoms with E-state index in [2.05, 4.69) is 113 Å².